The highest BCUT2D eigenvalue weighted by molar-refractivity contribution is 5.86. The molecule has 0 radical (unpaired) electrons. The van der Waals surface area contributed by atoms with Crippen molar-refractivity contribution in [1.29, 1.82) is 5.26 Å². The average Bonchev–Trinajstić information content (AvgIpc) is 2.29. The van der Waals surface area contributed by atoms with Crippen LogP contribution in [0.4, 0.5) is 0 Å². The van der Waals surface area contributed by atoms with Crippen molar-refractivity contribution in [3.63, 3.8) is 0 Å². The minimum Gasteiger partial charge on any atom is -0.477 e. The zero-order valence-electron chi connectivity index (χ0n) is 7.91. The van der Waals surface area contributed by atoms with E-state index in [1.807, 2.05) is 0 Å². The number of nitrogens with zero attached hydrogens (tertiary/aromatic N) is 3. The quantitative estimate of drug-likeness (QED) is 0.736. The molecule has 0 amide bonds. The minimum absolute atomic E-state index is 0.189. The van der Waals surface area contributed by atoms with Crippen LogP contribution in [0.2, 0.25) is 0 Å². The Morgan fingerprint density at radius 2 is 2.25 bits per heavy atom. The molecule has 0 bridgehead atoms. The highest BCUT2D eigenvalue weighted by Gasteiger charge is 2.12. The molecule has 0 saturated carbocycles. The summed E-state index contributed by atoms with van der Waals surface area (Å²) in [5.74, 6) is -1.25. The van der Waals surface area contributed by atoms with Crippen LogP contribution in [0.5, 0.6) is 0 Å². The first kappa shape index (κ1) is 9.86. The molecule has 2 aromatic rings. The summed E-state index contributed by atoms with van der Waals surface area (Å²) in [6.45, 7) is 0. The third-order valence-electron chi connectivity index (χ3n) is 2.07. The standard InChI is InChI=1S/C10H5N3O3/c11-4-6-5-12-8-3-1-2-7(10(15)16)13(8)9(6)14/h1-3,5H,(H,15,16). The summed E-state index contributed by atoms with van der Waals surface area (Å²) in [6, 6.07) is 5.92. The Hall–Kier alpha value is -2.68. The number of carboxylic acids is 1. The minimum atomic E-state index is -1.25. The predicted octanol–water partition coefficient (Wildman–Crippen LogP) is 0.264. The number of rotatable bonds is 1. The molecule has 0 saturated heterocycles. The fraction of sp³-hybridized carbons (Fsp3) is 0. The van der Waals surface area contributed by atoms with Crippen LogP contribution in [0.15, 0.2) is 29.2 Å². The molecular weight excluding hydrogens is 210 g/mol. The lowest BCUT2D eigenvalue weighted by atomic mass is 10.3. The van der Waals surface area contributed by atoms with E-state index in [1.165, 1.54) is 18.2 Å². The second-order valence-corrected chi connectivity index (χ2v) is 3.00. The average molecular weight is 215 g/mol. The van der Waals surface area contributed by atoms with Gasteiger partial charge in [0.05, 0.1) is 6.20 Å². The van der Waals surface area contributed by atoms with Crippen LogP contribution < -0.4 is 5.56 Å². The Morgan fingerprint density at radius 3 is 2.88 bits per heavy atom. The lowest BCUT2D eigenvalue weighted by Gasteiger charge is -2.03. The Balaban J connectivity index is 3.01. The summed E-state index contributed by atoms with van der Waals surface area (Å²) < 4.78 is 0.904. The molecule has 0 aliphatic heterocycles. The summed E-state index contributed by atoms with van der Waals surface area (Å²) in [5, 5.41) is 17.6. The molecule has 2 aromatic heterocycles. The summed E-state index contributed by atoms with van der Waals surface area (Å²) >= 11 is 0. The van der Waals surface area contributed by atoms with E-state index in [-0.39, 0.29) is 16.9 Å². The van der Waals surface area contributed by atoms with Gasteiger partial charge in [0, 0.05) is 0 Å². The van der Waals surface area contributed by atoms with Gasteiger partial charge in [0.2, 0.25) is 0 Å². The molecule has 16 heavy (non-hydrogen) atoms. The normalized spacial score (nSPS) is 9.94. The van der Waals surface area contributed by atoms with Gasteiger partial charge in [-0.05, 0) is 12.1 Å². The molecule has 0 unspecified atom stereocenters. The van der Waals surface area contributed by atoms with E-state index in [1.54, 1.807) is 6.07 Å². The van der Waals surface area contributed by atoms with Gasteiger partial charge in [0.15, 0.2) is 0 Å². The Kier molecular flexibility index (Phi) is 2.14. The van der Waals surface area contributed by atoms with Gasteiger partial charge < -0.3 is 5.11 Å². The number of aromatic carboxylic acids is 1. The molecule has 1 N–H and O–H groups in total. The van der Waals surface area contributed by atoms with Crippen LogP contribution in [0.1, 0.15) is 16.1 Å². The van der Waals surface area contributed by atoms with Gasteiger partial charge in [-0.2, -0.15) is 5.26 Å². The lowest BCUT2D eigenvalue weighted by molar-refractivity contribution is 0.0688. The van der Waals surface area contributed by atoms with Gasteiger partial charge in [-0.1, -0.05) is 6.07 Å². The van der Waals surface area contributed by atoms with E-state index < -0.39 is 11.5 Å². The number of carbonyl (C=O) groups is 1. The van der Waals surface area contributed by atoms with Crippen LogP contribution in [-0.2, 0) is 0 Å². The molecule has 0 fully saturated rings. The maximum Gasteiger partial charge on any atom is 0.353 e. The largest absolute Gasteiger partial charge is 0.477 e. The number of pyridine rings is 1. The number of nitriles is 1. The zero-order chi connectivity index (χ0) is 11.7. The Labute approximate surface area is 89.0 Å². The molecule has 2 heterocycles. The number of hydrogen-bond donors (Lipinski definition) is 1. The highest BCUT2D eigenvalue weighted by Crippen LogP contribution is 2.03. The predicted molar refractivity (Wildman–Crippen MR) is 53.1 cm³/mol. The summed E-state index contributed by atoms with van der Waals surface area (Å²) in [7, 11) is 0. The van der Waals surface area contributed by atoms with Crippen LogP contribution >= 0.6 is 0 Å². The van der Waals surface area contributed by atoms with Gasteiger partial charge in [0.25, 0.3) is 5.56 Å². The molecule has 2 rings (SSSR count). The first-order chi connectivity index (χ1) is 7.65. The van der Waals surface area contributed by atoms with Gasteiger partial charge in [0.1, 0.15) is 23.0 Å². The Bertz CT molecular complexity index is 682. The summed E-state index contributed by atoms with van der Waals surface area (Å²) in [4.78, 5) is 26.5. The zero-order valence-corrected chi connectivity index (χ0v) is 7.91. The molecule has 0 aliphatic carbocycles. The van der Waals surface area contributed by atoms with E-state index >= 15 is 0 Å². The van der Waals surface area contributed by atoms with Crippen molar-refractivity contribution in [1.82, 2.24) is 9.38 Å². The van der Waals surface area contributed by atoms with Gasteiger partial charge >= 0.3 is 5.97 Å². The van der Waals surface area contributed by atoms with Crippen molar-refractivity contribution < 1.29 is 9.90 Å². The van der Waals surface area contributed by atoms with Crippen LogP contribution in [0, 0.1) is 11.3 Å². The smallest absolute Gasteiger partial charge is 0.353 e. The SMILES string of the molecule is N#Cc1cnc2cccc(C(=O)O)n2c1=O. The fourth-order valence-electron chi connectivity index (χ4n) is 1.36. The molecule has 0 aliphatic rings. The molecule has 6 nitrogen and oxygen atoms in total. The van der Waals surface area contributed by atoms with Crippen LogP contribution in [0.3, 0.4) is 0 Å². The Morgan fingerprint density at radius 1 is 1.50 bits per heavy atom. The molecule has 0 spiro atoms. The second-order valence-electron chi connectivity index (χ2n) is 3.00. The summed E-state index contributed by atoms with van der Waals surface area (Å²) in [5.41, 5.74) is -0.882. The van der Waals surface area contributed by atoms with E-state index in [0.29, 0.717) is 0 Å². The third kappa shape index (κ3) is 1.31. The van der Waals surface area contributed by atoms with E-state index in [9.17, 15) is 9.59 Å². The summed E-state index contributed by atoms with van der Waals surface area (Å²) in [6.07, 6.45) is 1.13. The number of carboxylic acid groups (broad SMARTS) is 1. The van der Waals surface area contributed by atoms with Crippen molar-refractivity contribution in [2.45, 2.75) is 0 Å². The van der Waals surface area contributed by atoms with Crippen LogP contribution in [-0.4, -0.2) is 20.5 Å². The molecule has 78 valence electrons. The number of aromatic nitrogens is 2. The maximum absolute atomic E-state index is 11.7. The van der Waals surface area contributed by atoms with E-state index in [2.05, 4.69) is 4.98 Å². The topological polar surface area (TPSA) is 95.5 Å². The molecular formula is C10H5N3O3. The monoisotopic (exact) mass is 215 g/mol. The highest BCUT2D eigenvalue weighted by atomic mass is 16.4. The van der Waals surface area contributed by atoms with Crippen LogP contribution in [0.25, 0.3) is 5.65 Å². The van der Waals surface area contributed by atoms with Crippen molar-refractivity contribution in [3.05, 3.63) is 46.0 Å². The van der Waals surface area contributed by atoms with Crippen molar-refractivity contribution in [2.24, 2.45) is 0 Å². The van der Waals surface area contributed by atoms with Gasteiger partial charge in [-0.15, -0.1) is 0 Å². The van der Waals surface area contributed by atoms with Gasteiger partial charge in [-0.25, -0.2) is 9.78 Å². The first-order valence-electron chi connectivity index (χ1n) is 4.29. The molecule has 0 aromatic carbocycles. The van der Waals surface area contributed by atoms with Crippen molar-refractivity contribution in [3.8, 4) is 6.07 Å². The lowest BCUT2D eigenvalue weighted by Crippen LogP contribution is -2.22. The van der Waals surface area contributed by atoms with E-state index in [4.69, 9.17) is 10.4 Å². The van der Waals surface area contributed by atoms with Crippen molar-refractivity contribution in [2.75, 3.05) is 0 Å². The first-order valence-corrected chi connectivity index (χ1v) is 4.29. The molecule has 0 atom stereocenters. The maximum atomic E-state index is 11.7. The third-order valence-corrected chi connectivity index (χ3v) is 2.07. The number of hydrogen-bond acceptors (Lipinski definition) is 4. The molecule has 6 heteroatoms. The van der Waals surface area contributed by atoms with Gasteiger partial charge in [-0.3, -0.25) is 9.20 Å². The fourth-order valence-corrected chi connectivity index (χ4v) is 1.36. The second kappa shape index (κ2) is 3.47. The van der Waals surface area contributed by atoms with Crippen molar-refractivity contribution >= 4 is 11.6 Å². The number of fused-ring (bicyclic) bond motifs is 1. The van der Waals surface area contributed by atoms with E-state index in [0.717, 1.165) is 10.6 Å².